The minimum absolute atomic E-state index is 0.144. The lowest BCUT2D eigenvalue weighted by atomic mass is 9.78. The van der Waals surface area contributed by atoms with E-state index >= 15 is 0 Å². The van der Waals surface area contributed by atoms with E-state index in [0.29, 0.717) is 18.0 Å². The summed E-state index contributed by atoms with van der Waals surface area (Å²) in [7, 11) is 0. The Labute approximate surface area is 199 Å². The number of nitrogens with zero attached hydrogens (tertiary/aromatic N) is 3. The van der Waals surface area contributed by atoms with Gasteiger partial charge in [-0.15, -0.1) is 16.7 Å². The summed E-state index contributed by atoms with van der Waals surface area (Å²) in [4.78, 5) is 0. The molecule has 33 heavy (non-hydrogen) atoms. The van der Waals surface area contributed by atoms with E-state index in [9.17, 15) is 10.2 Å². The molecule has 0 aliphatic rings. The average Bonchev–Trinajstić information content (AvgIpc) is 3.29. The number of hydrogen-bond acceptors (Lipinski definition) is 6. The Morgan fingerprint density at radius 1 is 0.909 bits per heavy atom. The van der Waals surface area contributed by atoms with Crippen molar-refractivity contribution in [3.63, 3.8) is 0 Å². The van der Waals surface area contributed by atoms with Gasteiger partial charge in [0.05, 0.1) is 18.1 Å². The smallest absolute Gasteiger partial charge is 0.119 e. The molecule has 7 nitrogen and oxygen atoms in total. The minimum atomic E-state index is -0.682. The number of ether oxygens (including phenoxy) is 2. The molecule has 0 spiro atoms. The summed E-state index contributed by atoms with van der Waals surface area (Å²) in [5, 5.41) is 27.8. The number of aromatic nitrogens is 3. The largest absolute Gasteiger partial charge is 0.491 e. The third-order valence-corrected chi connectivity index (χ3v) is 5.92. The van der Waals surface area contributed by atoms with Crippen molar-refractivity contribution >= 4 is 11.6 Å². The van der Waals surface area contributed by atoms with Gasteiger partial charge >= 0.3 is 0 Å². The molecule has 0 bridgehead atoms. The Kier molecular flexibility index (Phi) is 8.72. The molecule has 8 heteroatoms. The normalized spacial score (nSPS) is 13.5. The molecule has 1 heterocycles. The monoisotopic (exact) mass is 473 g/mol. The highest BCUT2D eigenvalue weighted by atomic mass is 35.5. The van der Waals surface area contributed by atoms with Crippen molar-refractivity contribution in [2.24, 2.45) is 0 Å². The number of aliphatic hydroxyl groups is 2. The summed E-state index contributed by atoms with van der Waals surface area (Å²) >= 11 is 5.60. The zero-order valence-corrected chi connectivity index (χ0v) is 20.1. The van der Waals surface area contributed by atoms with Crippen LogP contribution in [0.2, 0.25) is 0 Å². The molecule has 0 radical (unpaired) electrons. The van der Waals surface area contributed by atoms with Gasteiger partial charge < -0.3 is 19.7 Å². The number of aryl methyl sites for hydroxylation is 1. The standard InChI is InChI=1S/C25H32ClN3O4/c1-4-20-14-29(28-27-20)15-22(31)17-33-24-11-7-19(8-12-24)25(2,3)18-5-9-23(10-6-18)32-16-21(30)13-26/h5-12,14,21-22,30-31H,4,13,15-17H2,1-3H3/t21-,22+/m1/s1. The fourth-order valence-corrected chi connectivity index (χ4v) is 3.48. The molecule has 3 aromatic rings. The molecule has 1 aromatic heterocycles. The molecule has 0 unspecified atom stereocenters. The number of alkyl halides is 1. The van der Waals surface area contributed by atoms with Gasteiger partial charge in [0, 0.05) is 11.6 Å². The second kappa shape index (κ2) is 11.5. The summed E-state index contributed by atoms with van der Waals surface area (Å²) in [5.74, 6) is 1.53. The molecule has 0 aliphatic heterocycles. The number of benzene rings is 2. The third kappa shape index (κ3) is 6.93. The molecule has 178 valence electrons. The molecular weight excluding hydrogens is 442 g/mol. The van der Waals surface area contributed by atoms with Gasteiger partial charge in [0.2, 0.25) is 0 Å². The average molecular weight is 474 g/mol. The van der Waals surface area contributed by atoms with Crippen LogP contribution in [0.15, 0.2) is 54.7 Å². The van der Waals surface area contributed by atoms with Gasteiger partial charge in [-0.25, -0.2) is 4.68 Å². The maximum Gasteiger partial charge on any atom is 0.119 e. The highest BCUT2D eigenvalue weighted by Crippen LogP contribution is 2.33. The van der Waals surface area contributed by atoms with E-state index in [4.69, 9.17) is 21.1 Å². The minimum Gasteiger partial charge on any atom is -0.491 e. The Balaban J connectivity index is 1.55. The molecule has 0 aliphatic carbocycles. The Morgan fingerprint density at radius 2 is 1.42 bits per heavy atom. The van der Waals surface area contributed by atoms with Crippen LogP contribution in [0, 0.1) is 0 Å². The van der Waals surface area contributed by atoms with Crippen LogP contribution in [0.1, 0.15) is 37.6 Å². The van der Waals surface area contributed by atoms with Gasteiger partial charge in [-0.2, -0.15) is 0 Å². The summed E-state index contributed by atoms with van der Waals surface area (Å²) < 4.78 is 13.0. The van der Waals surface area contributed by atoms with Gasteiger partial charge in [0.1, 0.15) is 36.9 Å². The number of hydrogen-bond donors (Lipinski definition) is 2. The van der Waals surface area contributed by atoms with Gasteiger partial charge in [-0.1, -0.05) is 50.3 Å². The zero-order valence-electron chi connectivity index (χ0n) is 19.3. The zero-order chi connectivity index (χ0) is 23.8. The Morgan fingerprint density at radius 3 is 1.88 bits per heavy atom. The third-order valence-electron chi connectivity index (χ3n) is 5.56. The van der Waals surface area contributed by atoms with Crippen molar-refractivity contribution in [3.05, 3.63) is 71.5 Å². The maximum absolute atomic E-state index is 10.2. The topological polar surface area (TPSA) is 89.6 Å². The van der Waals surface area contributed by atoms with Crippen LogP contribution in [-0.4, -0.2) is 56.5 Å². The van der Waals surface area contributed by atoms with E-state index < -0.39 is 12.2 Å². The van der Waals surface area contributed by atoms with Crippen LogP contribution < -0.4 is 9.47 Å². The van der Waals surface area contributed by atoms with Crippen molar-refractivity contribution < 1.29 is 19.7 Å². The Hall–Kier alpha value is -2.61. The van der Waals surface area contributed by atoms with E-state index in [0.717, 1.165) is 23.2 Å². The number of aliphatic hydroxyl groups excluding tert-OH is 2. The maximum atomic E-state index is 10.2. The summed E-state index contributed by atoms with van der Waals surface area (Å²) in [6, 6.07) is 15.8. The molecule has 3 rings (SSSR count). The van der Waals surface area contributed by atoms with Gasteiger partial charge in [-0.05, 0) is 41.8 Å². The molecule has 0 fully saturated rings. The first-order chi connectivity index (χ1) is 15.8. The molecule has 2 aromatic carbocycles. The molecule has 0 saturated heterocycles. The second-order valence-corrected chi connectivity index (χ2v) is 8.85. The van der Waals surface area contributed by atoms with Crippen LogP contribution in [0.4, 0.5) is 0 Å². The summed E-state index contributed by atoms with van der Waals surface area (Å²) in [5.41, 5.74) is 2.94. The highest BCUT2D eigenvalue weighted by Gasteiger charge is 2.23. The predicted octanol–water partition coefficient (Wildman–Crippen LogP) is 3.58. The van der Waals surface area contributed by atoms with Crippen LogP contribution in [0.25, 0.3) is 0 Å². The van der Waals surface area contributed by atoms with E-state index in [-0.39, 0.29) is 24.5 Å². The van der Waals surface area contributed by atoms with Gasteiger partial charge in [0.25, 0.3) is 0 Å². The van der Waals surface area contributed by atoms with Gasteiger partial charge in [-0.3, -0.25) is 0 Å². The van der Waals surface area contributed by atoms with Crippen molar-refractivity contribution in [1.82, 2.24) is 15.0 Å². The van der Waals surface area contributed by atoms with E-state index in [2.05, 4.69) is 24.2 Å². The lowest BCUT2D eigenvalue weighted by Gasteiger charge is -2.26. The molecule has 0 saturated carbocycles. The van der Waals surface area contributed by atoms with Crippen LogP contribution in [0.3, 0.4) is 0 Å². The van der Waals surface area contributed by atoms with Crippen molar-refractivity contribution in [2.45, 2.75) is 51.4 Å². The Bertz CT molecular complexity index is 990. The summed E-state index contributed by atoms with van der Waals surface area (Å²) in [6.45, 7) is 7.00. The van der Waals surface area contributed by atoms with Crippen LogP contribution in [-0.2, 0) is 18.4 Å². The molecule has 2 atom stereocenters. The predicted molar refractivity (Wildman–Crippen MR) is 128 cm³/mol. The first-order valence-corrected chi connectivity index (χ1v) is 11.6. The van der Waals surface area contributed by atoms with Crippen molar-refractivity contribution in [3.8, 4) is 11.5 Å². The number of rotatable bonds is 12. The first kappa shape index (κ1) is 25.0. The lowest BCUT2D eigenvalue weighted by Crippen LogP contribution is -2.24. The fraction of sp³-hybridized carbons (Fsp3) is 0.440. The SMILES string of the molecule is CCc1cn(C[C@H](O)COc2ccc(C(C)(C)c3ccc(OC[C@H](O)CCl)cc3)cc2)nn1. The summed E-state index contributed by atoms with van der Waals surface area (Å²) in [6.07, 6.45) is 1.29. The molecule has 2 N–H and O–H groups in total. The highest BCUT2D eigenvalue weighted by molar-refractivity contribution is 6.18. The van der Waals surface area contributed by atoms with Crippen molar-refractivity contribution in [1.29, 1.82) is 0 Å². The van der Waals surface area contributed by atoms with E-state index in [1.807, 2.05) is 61.7 Å². The van der Waals surface area contributed by atoms with Gasteiger partial charge in [0.15, 0.2) is 0 Å². The number of halogens is 1. The lowest BCUT2D eigenvalue weighted by molar-refractivity contribution is 0.0888. The molecular formula is C25H32ClN3O4. The van der Waals surface area contributed by atoms with E-state index in [1.165, 1.54) is 0 Å². The second-order valence-electron chi connectivity index (χ2n) is 8.54. The van der Waals surface area contributed by atoms with Crippen molar-refractivity contribution in [2.75, 3.05) is 19.1 Å². The van der Waals surface area contributed by atoms with Crippen LogP contribution in [0.5, 0.6) is 11.5 Å². The quantitative estimate of drug-likeness (QED) is 0.391. The van der Waals surface area contributed by atoms with Crippen LogP contribution >= 0.6 is 11.6 Å². The molecule has 0 amide bonds. The fourth-order valence-electron chi connectivity index (χ4n) is 3.39. The van der Waals surface area contributed by atoms with E-state index in [1.54, 1.807) is 4.68 Å². The first-order valence-electron chi connectivity index (χ1n) is 11.1.